The molecule has 0 saturated carbocycles. The summed E-state index contributed by atoms with van der Waals surface area (Å²) in [5.74, 6) is 1.45. The highest BCUT2D eigenvalue weighted by molar-refractivity contribution is 9.10. The van der Waals surface area contributed by atoms with Crippen molar-refractivity contribution >= 4 is 15.9 Å². The predicted molar refractivity (Wildman–Crippen MR) is 48.2 cm³/mol. The minimum absolute atomic E-state index is 0.348. The Morgan fingerprint density at radius 2 is 2.25 bits per heavy atom. The zero-order valence-corrected chi connectivity index (χ0v) is 7.87. The third-order valence-corrected chi connectivity index (χ3v) is 2.08. The molecular weight excluding hydrogens is 222 g/mol. The van der Waals surface area contributed by atoms with Gasteiger partial charge >= 0.3 is 0 Å². The van der Waals surface area contributed by atoms with Crippen LogP contribution in [0.4, 0.5) is 0 Å². The lowest BCUT2D eigenvalue weighted by atomic mass is 10.3. The molecular formula is C8H8BrNO2. The zero-order valence-electron chi connectivity index (χ0n) is 6.29. The lowest BCUT2D eigenvalue weighted by Gasteiger charge is -2.23. The van der Waals surface area contributed by atoms with Gasteiger partial charge in [-0.3, -0.25) is 5.73 Å². The van der Waals surface area contributed by atoms with Gasteiger partial charge in [0.15, 0.2) is 17.7 Å². The van der Waals surface area contributed by atoms with Gasteiger partial charge in [0.25, 0.3) is 0 Å². The van der Waals surface area contributed by atoms with Crippen molar-refractivity contribution in [2.45, 2.75) is 6.23 Å². The van der Waals surface area contributed by atoms with E-state index in [2.05, 4.69) is 15.9 Å². The first-order valence-corrected chi connectivity index (χ1v) is 4.39. The van der Waals surface area contributed by atoms with E-state index in [0.717, 1.165) is 10.2 Å². The second-order valence-electron chi connectivity index (χ2n) is 2.56. The number of rotatable bonds is 0. The largest absolute Gasteiger partial charge is 0.484 e. The Hall–Kier alpha value is -0.740. The van der Waals surface area contributed by atoms with E-state index in [0.29, 0.717) is 12.4 Å². The van der Waals surface area contributed by atoms with E-state index in [9.17, 15) is 0 Å². The molecule has 0 aliphatic carbocycles. The molecule has 1 aliphatic heterocycles. The molecule has 0 saturated heterocycles. The van der Waals surface area contributed by atoms with Gasteiger partial charge in [0.1, 0.15) is 6.61 Å². The van der Waals surface area contributed by atoms with E-state index in [1.165, 1.54) is 0 Å². The molecule has 2 N–H and O–H groups in total. The highest BCUT2D eigenvalue weighted by Crippen LogP contribution is 2.33. The molecule has 0 radical (unpaired) electrons. The molecule has 0 spiro atoms. The van der Waals surface area contributed by atoms with Crippen molar-refractivity contribution in [2.24, 2.45) is 5.73 Å². The van der Waals surface area contributed by atoms with Gasteiger partial charge in [0.2, 0.25) is 0 Å². The average Bonchev–Trinajstić information content (AvgIpc) is 2.05. The fourth-order valence-electron chi connectivity index (χ4n) is 1.06. The lowest BCUT2D eigenvalue weighted by molar-refractivity contribution is 0.0957. The molecule has 0 bridgehead atoms. The molecule has 0 aromatic heterocycles. The summed E-state index contributed by atoms with van der Waals surface area (Å²) >= 11 is 3.34. The van der Waals surface area contributed by atoms with E-state index in [1.54, 1.807) is 0 Å². The maximum Gasteiger partial charge on any atom is 0.182 e. The number of nitrogens with two attached hydrogens (primary N) is 1. The number of hydrogen-bond donors (Lipinski definition) is 1. The molecule has 1 aliphatic rings. The molecule has 2 rings (SSSR count). The number of halogens is 1. The molecule has 64 valence electrons. The summed E-state index contributed by atoms with van der Waals surface area (Å²) in [5, 5.41) is 0. The topological polar surface area (TPSA) is 44.5 Å². The first kappa shape index (κ1) is 7.89. The van der Waals surface area contributed by atoms with E-state index >= 15 is 0 Å². The standard InChI is InChI=1S/C8H8BrNO2/c9-5-1-2-6-7(3-5)11-4-8(10)12-6/h1-3,8H,4,10H2. The van der Waals surface area contributed by atoms with E-state index < -0.39 is 0 Å². The maximum absolute atomic E-state index is 5.53. The van der Waals surface area contributed by atoms with E-state index in [4.69, 9.17) is 15.2 Å². The Kier molecular flexibility index (Phi) is 1.94. The summed E-state index contributed by atoms with van der Waals surface area (Å²) in [5.41, 5.74) is 5.53. The van der Waals surface area contributed by atoms with Gasteiger partial charge < -0.3 is 9.47 Å². The number of hydrogen-bond acceptors (Lipinski definition) is 3. The Bertz CT molecular complexity index is 303. The fourth-order valence-corrected chi connectivity index (χ4v) is 1.40. The van der Waals surface area contributed by atoms with Crippen LogP contribution in [-0.4, -0.2) is 12.8 Å². The third kappa shape index (κ3) is 1.40. The van der Waals surface area contributed by atoms with E-state index in [-0.39, 0.29) is 6.23 Å². The first-order valence-electron chi connectivity index (χ1n) is 3.60. The van der Waals surface area contributed by atoms with Crippen LogP contribution in [0.3, 0.4) is 0 Å². The second-order valence-corrected chi connectivity index (χ2v) is 3.47. The molecule has 0 fully saturated rings. The zero-order chi connectivity index (χ0) is 8.55. The van der Waals surface area contributed by atoms with Crippen molar-refractivity contribution in [1.29, 1.82) is 0 Å². The Morgan fingerprint density at radius 3 is 3.08 bits per heavy atom. The molecule has 12 heavy (non-hydrogen) atoms. The van der Waals surface area contributed by atoms with Crippen LogP contribution in [0.1, 0.15) is 0 Å². The highest BCUT2D eigenvalue weighted by Gasteiger charge is 2.16. The second kappa shape index (κ2) is 2.95. The van der Waals surface area contributed by atoms with Crippen molar-refractivity contribution in [2.75, 3.05) is 6.61 Å². The Morgan fingerprint density at radius 1 is 1.42 bits per heavy atom. The summed E-state index contributed by atoms with van der Waals surface area (Å²) in [6, 6.07) is 5.58. The van der Waals surface area contributed by atoms with Gasteiger partial charge in [0.05, 0.1) is 0 Å². The Balaban J connectivity index is 2.37. The van der Waals surface area contributed by atoms with Gasteiger partial charge in [-0.05, 0) is 18.2 Å². The molecule has 1 heterocycles. The Labute approximate surface area is 78.6 Å². The minimum atomic E-state index is -0.348. The van der Waals surface area contributed by atoms with Crippen molar-refractivity contribution < 1.29 is 9.47 Å². The van der Waals surface area contributed by atoms with Gasteiger partial charge in [-0.25, -0.2) is 0 Å². The van der Waals surface area contributed by atoms with Crippen LogP contribution in [0.25, 0.3) is 0 Å². The summed E-state index contributed by atoms with van der Waals surface area (Å²) in [4.78, 5) is 0. The number of ether oxygens (including phenoxy) is 2. The van der Waals surface area contributed by atoms with Crippen LogP contribution in [0, 0.1) is 0 Å². The average molecular weight is 230 g/mol. The SMILES string of the molecule is NC1COc2cc(Br)ccc2O1. The molecule has 1 aromatic carbocycles. The quantitative estimate of drug-likeness (QED) is 0.734. The molecule has 4 heteroatoms. The monoisotopic (exact) mass is 229 g/mol. The van der Waals surface area contributed by atoms with Gasteiger partial charge in [-0.15, -0.1) is 0 Å². The third-order valence-electron chi connectivity index (χ3n) is 1.59. The smallest absolute Gasteiger partial charge is 0.182 e. The van der Waals surface area contributed by atoms with Gasteiger partial charge in [-0.1, -0.05) is 15.9 Å². The summed E-state index contributed by atoms with van der Waals surface area (Å²) in [7, 11) is 0. The summed E-state index contributed by atoms with van der Waals surface area (Å²) < 4.78 is 11.6. The van der Waals surface area contributed by atoms with Crippen molar-refractivity contribution in [1.82, 2.24) is 0 Å². The van der Waals surface area contributed by atoms with Crippen LogP contribution in [0.5, 0.6) is 11.5 Å². The molecule has 1 atom stereocenters. The van der Waals surface area contributed by atoms with Gasteiger partial charge in [-0.2, -0.15) is 0 Å². The van der Waals surface area contributed by atoms with E-state index in [1.807, 2.05) is 18.2 Å². The molecule has 0 amide bonds. The van der Waals surface area contributed by atoms with Crippen LogP contribution in [0.2, 0.25) is 0 Å². The first-order chi connectivity index (χ1) is 5.75. The highest BCUT2D eigenvalue weighted by atomic mass is 79.9. The molecule has 3 nitrogen and oxygen atoms in total. The normalized spacial score (nSPS) is 20.7. The lowest BCUT2D eigenvalue weighted by Crippen LogP contribution is -2.36. The van der Waals surface area contributed by atoms with Crippen LogP contribution >= 0.6 is 15.9 Å². The van der Waals surface area contributed by atoms with Crippen LogP contribution in [-0.2, 0) is 0 Å². The molecule has 1 aromatic rings. The number of benzene rings is 1. The van der Waals surface area contributed by atoms with Crippen molar-refractivity contribution in [3.8, 4) is 11.5 Å². The minimum Gasteiger partial charge on any atom is -0.484 e. The van der Waals surface area contributed by atoms with Crippen molar-refractivity contribution in [3.63, 3.8) is 0 Å². The summed E-state index contributed by atoms with van der Waals surface area (Å²) in [6.45, 7) is 0.406. The maximum atomic E-state index is 5.53. The summed E-state index contributed by atoms with van der Waals surface area (Å²) in [6.07, 6.45) is -0.348. The predicted octanol–water partition coefficient (Wildman–Crippen LogP) is 1.51. The van der Waals surface area contributed by atoms with Gasteiger partial charge in [0, 0.05) is 4.47 Å². The van der Waals surface area contributed by atoms with Crippen LogP contribution < -0.4 is 15.2 Å². The number of fused-ring (bicyclic) bond motifs is 1. The van der Waals surface area contributed by atoms with Crippen molar-refractivity contribution in [3.05, 3.63) is 22.7 Å². The fraction of sp³-hybridized carbons (Fsp3) is 0.250. The molecule has 1 unspecified atom stereocenters. The van der Waals surface area contributed by atoms with Crippen LogP contribution in [0.15, 0.2) is 22.7 Å².